The summed E-state index contributed by atoms with van der Waals surface area (Å²) < 4.78 is 12.3. The fourth-order valence-corrected chi connectivity index (χ4v) is 3.85. The van der Waals surface area contributed by atoms with Crippen LogP contribution in [0.5, 0.6) is 11.5 Å². The number of ether oxygens (including phenoxy) is 2. The Morgan fingerprint density at radius 3 is 2.55 bits per heavy atom. The molecule has 0 aliphatic rings. The Balaban J connectivity index is 1.32. The number of rotatable bonds is 8. The number of carbonyl (C=O) groups is 1. The lowest BCUT2D eigenvalue weighted by molar-refractivity contribution is -0.111. The predicted molar refractivity (Wildman–Crippen MR) is 126 cm³/mol. The van der Waals surface area contributed by atoms with Gasteiger partial charge in [-0.25, -0.2) is 4.98 Å². The van der Waals surface area contributed by atoms with Gasteiger partial charge in [0.1, 0.15) is 18.1 Å². The number of hydrogen-bond acceptors (Lipinski definition) is 5. The molecule has 0 bridgehead atoms. The van der Waals surface area contributed by atoms with Crippen molar-refractivity contribution in [1.82, 2.24) is 4.98 Å². The third kappa shape index (κ3) is 5.71. The van der Waals surface area contributed by atoms with Crippen LogP contribution in [0.15, 0.2) is 78.9 Å². The Morgan fingerprint density at radius 1 is 1.00 bits per heavy atom. The molecule has 0 fully saturated rings. The summed E-state index contributed by atoms with van der Waals surface area (Å²) >= 11 is 1.42. The molecule has 0 aliphatic heterocycles. The third-order valence-corrected chi connectivity index (χ3v) is 5.39. The van der Waals surface area contributed by atoms with Gasteiger partial charge in [0.05, 0.1) is 16.8 Å². The van der Waals surface area contributed by atoms with Gasteiger partial charge in [-0.15, -0.1) is 0 Å². The highest BCUT2D eigenvalue weighted by atomic mass is 32.1. The number of aromatic nitrogens is 1. The molecule has 1 amide bonds. The van der Waals surface area contributed by atoms with Gasteiger partial charge in [-0.1, -0.05) is 53.8 Å². The molecule has 0 atom stereocenters. The van der Waals surface area contributed by atoms with Crippen molar-refractivity contribution in [2.75, 3.05) is 11.9 Å². The molecule has 0 radical (unpaired) electrons. The Morgan fingerprint density at radius 2 is 1.77 bits per heavy atom. The van der Waals surface area contributed by atoms with Crippen LogP contribution in [0.2, 0.25) is 0 Å². The minimum Gasteiger partial charge on any atom is -0.494 e. The maximum Gasteiger partial charge on any atom is 0.250 e. The first-order valence-electron chi connectivity index (χ1n) is 9.99. The molecule has 0 spiro atoms. The average Bonchev–Trinajstić information content (AvgIpc) is 3.19. The average molecular weight is 431 g/mol. The zero-order valence-corrected chi connectivity index (χ0v) is 17.9. The molecule has 6 heteroatoms. The van der Waals surface area contributed by atoms with Crippen LogP contribution in [0, 0.1) is 0 Å². The van der Waals surface area contributed by atoms with Gasteiger partial charge in [0.15, 0.2) is 5.13 Å². The fourth-order valence-electron chi connectivity index (χ4n) is 2.95. The van der Waals surface area contributed by atoms with Crippen LogP contribution in [0.4, 0.5) is 5.13 Å². The molecular weight excluding hydrogens is 408 g/mol. The summed E-state index contributed by atoms with van der Waals surface area (Å²) in [6.07, 6.45) is 3.26. The summed E-state index contributed by atoms with van der Waals surface area (Å²) in [4.78, 5) is 16.7. The van der Waals surface area contributed by atoms with Crippen molar-refractivity contribution in [3.8, 4) is 11.5 Å². The van der Waals surface area contributed by atoms with Crippen molar-refractivity contribution in [3.05, 3.63) is 90.0 Å². The molecule has 156 valence electrons. The summed E-state index contributed by atoms with van der Waals surface area (Å²) in [5, 5.41) is 3.38. The van der Waals surface area contributed by atoms with E-state index in [1.54, 1.807) is 6.08 Å². The first kappa shape index (κ1) is 20.6. The normalized spacial score (nSPS) is 11.0. The molecule has 0 aliphatic carbocycles. The molecule has 0 saturated heterocycles. The smallest absolute Gasteiger partial charge is 0.250 e. The van der Waals surface area contributed by atoms with Crippen molar-refractivity contribution in [3.63, 3.8) is 0 Å². The number of fused-ring (bicyclic) bond motifs is 1. The Hall–Kier alpha value is -3.64. The van der Waals surface area contributed by atoms with Gasteiger partial charge in [0, 0.05) is 6.08 Å². The number of thiazole rings is 1. The highest BCUT2D eigenvalue weighted by Crippen LogP contribution is 2.29. The number of amides is 1. The minimum absolute atomic E-state index is 0.228. The van der Waals surface area contributed by atoms with E-state index in [9.17, 15) is 4.79 Å². The summed E-state index contributed by atoms with van der Waals surface area (Å²) in [5.74, 6) is 1.35. The van der Waals surface area contributed by atoms with Crippen LogP contribution < -0.4 is 14.8 Å². The van der Waals surface area contributed by atoms with E-state index in [0.717, 1.165) is 32.8 Å². The third-order valence-electron chi connectivity index (χ3n) is 4.46. The van der Waals surface area contributed by atoms with Crippen molar-refractivity contribution >= 4 is 38.7 Å². The number of carbonyl (C=O) groups excluding carboxylic acids is 1. The van der Waals surface area contributed by atoms with Crippen LogP contribution in [0.3, 0.4) is 0 Å². The molecular formula is C25H22N2O3S. The molecule has 0 saturated carbocycles. The minimum atomic E-state index is -0.228. The first-order chi connectivity index (χ1) is 15.2. The maximum atomic E-state index is 12.3. The van der Waals surface area contributed by atoms with Gasteiger partial charge < -0.3 is 9.47 Å². The van der Waals surface area contributed by atoms with Crippen LogP contribution in [-0.2, 0) is 11.4 Å². The lowest BCUT2D eigenvalue weighted by atomic mass is 10.2. The van der Waals surface area contributed by atoms with Gasteiger partial charge >= 0.3 is 0 Å². The van der Waals surface area contributed by atoms with E-state index in [1.165, 1.54) is 17.4 Å². The van der Waals surface area contributed by atoms with E-state index < -0.39 is 0 Å². The second kappa shape index (κ2) is 9.91. The summed E-state index contributed by atoms with van der Waals surface area (Å²) in [6, 6.07) is 23.3. The number of anilines is 1. The van der Waals surface area contributed by atoms with Crippen LogP contribution in [-0.4, -0.2) is 17.5 Å². The molecule has 5 nitrogen and oxygen atoms in total. The van der Waals surface area contributed by atoms with Crippen LogP contribution in [0.25, 0.3) is 16.3 Å². The summed E-state index contributed by atoms with van der Waals surface area (Å²) in [7, 11) is 0. The van der Waals surface area contributed by atoms with Crippen LogP contribution >= 0.6 is 11.3 Å². The van der Waals surface area contributed by atoms with Crippen molar-refractivity contribution in [2.24, 2.45) is 0 Å². The standard InChI is InChI=1S/C25H22N2O3S/c1-2-29-21-13-14-22-23(16-21)31-25(26-22)27-24(28)15-10-18-8-11-20(12-9-18)30-17-19-6-4-3-5-7-19/h3-16H,2,17H2,1H3,(H,26,27,28)/b15-10+. The number of nitrogens with one attached hydrogen (secondary N) is 1. The predicted octanol–water partition coefficient (Wildman–Crippen LogP) is 5.93. The van der Waals surface area contributed by atoms with E-state index in [-0.39, 0.29) is 5.91 Å². The second-order valence-electron chi connectivity index (χ2n) is 6.75. The molecule has 3 aromatic carbocycles. The Labute approximate surface area is 185 Å². The van der Waals surface area contributed by atoms with E-state index in [4.69, 9.17) is 9.47 Å². The van der Waals surface area contributed by atoms with Crippen molar-refractivity contribution < 1.29 is 14.3 Å². The van der Waals surface area contributed by atoms with Crippen molar-refractivity contribution in [2.45, 2.75) is 13.5 Å². The van der Waals surface area contributed by atoms with Gasteiger partial charge in [-0.05, 0) is 54.5 Å². The second-order valence-corrected chi connectivity index (χ2v) is 7.78. The van der Waals surface area contributed by atoms with E-state index in [2.05, 4.69) is 10.3 Å². The number of nitrogens with zero attached hydrogens (tertiary/aromatic N) is 1. The van der Waals surface area contributed by atoms with E-state index in [1.807, 2.05) is 79.7 Å². The topological polar surface area (TPSA) is 60.5 Å². The molecule has 1 N–H and O–H groups in total. The number of benzene rings is 3. The van der Waals surface area contributed by atoms with E-state index in [0.29, 0.717) is 18.3 Å². The van der Waals surface area contributed by atoms with Gasteiger partial charge in [-0.3, -0.25) is 10.1 Å². The lowest BCUT2D eigenvalue weighted by Crippen LogP contribution is -2.07. The van der Waals surface area contributed by atoms with Gasteiger partial charge in [0.2, 0.25) is 5.91 Å². The molecule has 4 rings (SSSR count). The maximum absolute atomic E-state index is 12.3. The highest BCUT2D eigenvalue weighted by Gasteiger charge is 2.07. The zero-order chi connectivity index (χ0) is 21.5. The van der Waals surface area contributed by atoms with Crippen LogP contribution in [0.1, 0.15) is 18.1 Å². The summed E-state index contributed by atoms with van der Waals surface area (Å²) in [5.41, 5.74) is 2.86. The molecule has 1 aromatic heterocycles. The van der Waals surface area contributed by atoms with Gasteiger partial charge in [0.25, 0.3) is 0 Å². The number of hydrogen-bond donors (Lipinski definition) is 1. The van der Waals surface area contributed by atoms with E-state index >= 15 is 0 Å². The van der Waals surface area contributed by atoms with Gasteiger partial charge in [-0.2, -0.15) is 0 Å². The SMILES string of the molecule is CCOc1ccc2nc(NC(=O)/C=C/c3ccc(OCc4ccccc4)cc3)sc2c1. The fraction of sp³-hybridized carbons (Fsp3) is 0.120. The molecule has 4 aromatic rings. The molecule has 0 unspecified atom stereocenters. The monoisotopic (exact) mass is 430 g/mol. The first-order valence-corrected chi connectivity index (χ1v) is 10.8. The Kier molecular flexibility index (Phi) is 6.59. The zero-order valence-electron chi connectivity index (χ0n) is 17.1. The van der Waals surface area contributed by atoms with Crippen molar-refractivity contribution in [1.29, 1.82) is 0 Å². The molecule has 31 heavy (non-hydrogen) atoms. The largest absolute Gasteiger partial charge is 0.494 e. The lowest BCUT2D eigenvalue weighted by Gasteiger charge is -2.06. The highest BCUT2D eigenvalue weighted by molar-refractivity contribution is 7.22. The molecule has 1 heterocycles. The summed E-state index contributed by atoms with van der Waals surface area (Å²) in [6.45, 7) is 3.08. The Bertz CT molecular complexity index is 1180. The quantitative estimate of drug-likeness (QED) is 0.352.